The lowest BCUT2D eigenvalue weighted by Gasteiger charge is -2.14. The van der Waals surface area contributed by atoms with Crippen LogP contribution in [0.2, 0.25) is 0 Å². The van der Waals surface area contributed by atoms with Gasteiger partial charge in [0.2, 0.25) is 10.0 Å². The molecule has 1 rings (SSSR count). The summed E-state index contributed by atoms with van der Waals surface area (Å²) in [7, 11) is -0.565. The molecule has 0 saturated heterocycles. The van der Waals surface area contributed by atoms with Gasteiger partial charge in [0.15, 0.2) is 0 Å². The van der Waals surface area contributed by atoms with Gasteiger partial charge in [-0.1, -0.05) is 6.92 Å². The first-order chi connectivity index (χ1) is 8.47. The van der Waals surface area contributed by atoms with E-state index in [0.29, 0.717) is 23.6 Å². The molecule has 1 aromatic rings. The van der Waals surface area contributed by atoms with Crippen LogP contribution in [0.3, 0.4) is 0 Å². The number of ether oxygens (including phenoxy) is 2. The van der Waals surface area contributed by atoms with Gasteiger partial charge in [-0.3, -0.25) is 0 Å². The average molecular weight is 273 g/mol. The van der Waals surface area contributed by atoms with Crippen molar-refractivity contribution in [2.75, 3.05) is 20.8 Å². The maximum atomic E-state index is 12.1. The van der Waals surface area contributed by atoms with Crippen molar-refractivity contribution in [1.29, 1.82) is 0 Å². The molecular formula is C12H19NO4S. The molecule has 0 saturated carbocycles. The van der Waals surface area contributed by atoms with Crippen LogP contribution in [0.15, 0.2) is 17.0 Å². The van der Waals surface area contributed by atoms with Gasteiger partial charge in [-0.05, 0) is 25.5 Å². The Morgan fingerprint density at radius 2 is 1.89 bits per heavy atom. The van der Waals surface area contributed by atoms with Gasteiger partial charge in [0, 0.05) is 12.1 Å². The largest absolute Gasteiger partial charge is 0.496 e. The molecule has 0 amide bonds. The predicted molar refractivity (Wildman–Crippen MR) is 69.8 cm³/mol. The van der Waals surface area contributed by atoms with Gasteiger partial charge < -0.3 is 9.47 Å². The van der Waals surface area contributed by atoms with Crippen LogP contribution in [0.1, 0.15) is 18.9 Å². The van der Waals surface area contributed by atoms with Crippen molar-refractivity contribution < 1.29 is 17.9 Å². The Kier molecular flexibility index (Phi) is 4.98. The molecule has 0 aliphatic heterocycles. The summed E-state index contributed by atoms with van der Waals surface area (Å²) < 4.78 is 37.0. The molecule has 1 aromatic carbocycles. The van der Waals surface area contributed by atoms with Crippen LogP contribution in [0.25, 0.3) is 0 Å². The summed E-state index contributed by atoms with van der Waals surface area (Å²) in [5, 5.41) is 0. The van der Waals surface area contributed by atoms with E-state index >= 15 is 0 Å². The van der Waals surface area contributed by atoms with Crippen LogP contribution >= 0.6 is 0 Å². The lowest BCUT2D eigenvalue weighted by Crippen LogP contribution is -2.25. The number of rotatable bonds is 6. The Morgan fingerprint density at radius 1 is 1.22 bits per heavy atom. The molecule has 5 nitrogen and oxygen atoms in total. The summed E-state index contributed by atoms with van der Waals surface area (Å²) in [4.78, 5) is 0.136. The molecule has 0 heterocycles. The Bertz CT molecular complexity index is 511. The monoisotopic (exact) mass is 273 g/mol. The van der Waals surface area contributed by atoms with Crippen LogP contribution in [0.5, 0.6) is 11.5 Å². The lowest BCUT2D eigenvalue weighted by atomic mass is 10.2. The van der Waals surface area contributed by atoms with Crippen molar-refractivity contribution in [3.05, 3.63) is 17.7 Å². The van der Waals surface area contributed by atoms with Gasteiger partial charge in [-0.25, -0.2) is 13.1 Å². The van der Waals surface area contributed by atoms with E-state index in [9.17, 15) is 8.42 Å². The van der Waals surface area contributed by atoms with Crippen LogP contribution in [-0.4, -0.2) is 29.2 Å². The number of sulfonamides is 1. The first kappa shape index (κ1) is 14.8. The summed E-state index contributed by atoms with van der Waals surface area (Å²) in [6.07, 6.45) is 0.733. The van der Waals surface area contributed by atoms with Crippen LogP contribution in [-0.2, 0) is 10.0 Å². The Labute approximate surface area is 108 Å². The molecule has 0 aliphatic carbocycles. The Morgan fingerprint density at radius 3 is 2.39 bits per heavy atom. The highest BCUT2D eigenvalue weighted by Crippen LogP contribution is 2.33. The third-order valence-electron chi connectivity index (χ3n) is 2.58. The van der Waals surface area contributed by atoms with E-state index < -0.39 is 10.0 Å². The predicted octanol–water partition coefficient (Wildman–Crippen LogP) is 1.70. The van der Waals surface area contributed by atoms with E-state index in [1.54, 1.807) is 13.0 Å². The SMILES string of the molecule is CCCNS(=O)(=O)c1ccc(OC)c(C)c1OC. The zero-order valence-corrected chi connectivity index (χ0v) is 11.9. The van der Waals surface area contributed by atoms with Crippen molar-refractivity contribution in [3.8, 4) is 11.5 Å². The molecule has 0 bridgehead atoms. The van der Waals surface area contributed by atoms with Gasteiger partial charge in [-0.15, -0.1) is 0 Å². The molecule has 1 N–H and O–H groups in total. The van der Waals surface area contributed by atoms with E-state index in [0.717, 1.165) is 6.42 Å². The van der Waals surface area contributed by atoms with Crippen molar-refractivity contribution in [1.82, 2.24) is 4.72 Å². The highest BCUT2D eigenvalue weighted by atomic mass is 32.2. The second-order valence-corrected chi connectivity index (χ2v) is 5.56. The number of nitrogens with one attached hydrogen (secondary N) is 1. The summed E-state index contributed by atoms with van der Waals surface area (Å²) >= 11 is 0. The van der Waals surface area contributed by atoms with Gasteiger partial charge in [-0.2, -0.15) is 0 Å². The topological polar surface area (TPSA) is 64.6 Å². The number of hydrogen-bond donors (Lipinski definition) is 1. The zero-order chi connectivity index (χ0) is 13.8. The van der Waals surface area contributed by atoms with Crippen molar-refractivity contribution in [2.24, 2.45) is 0 Å². The minimum Gasteiger partial charge on any atom is -0.496 e. The molecule has 102 valence electrons. The third kappa shape index (κ3) is 2.94. The average Bonchev–Trinajstić information content (AvgIpc) is 2.36. The molecule has 0 spiro atoms. The van der Waals surface area contributed by atoms with Crippen LogP contribution in [0, 0.1) is 6.92 Å². The van der Waals surface area contributed by atoms with Crippen molar-refractivity contribution in [3.63, 3.8) is 0 Å². The summed E-state index contributed by atoms with van der Waals surface area (Å²) in [5.41, 5.74) is 0.666. The molecule has 0 fully saturated rings. The van der Waals surface area contributed by atoms with Crippen molar-refractivity contribution >= 4 is 10.0 Å². The summed E-state index contributed by atoms with van der Waals surface area (Å²) in [6.45, 7) is 4.06. The molecule has 0 radical (unpaired) electrons. The number of methoxy groups -OCH3 is 2. The number of hydrogen-bond acceptors (Lipinski definition) is 4. The standard InChI is InChI=1S/C12H19NO4S/c1-5-8-13-18(14,15)11-7-6-10(16-3)9(2)12(11)17-4/h6-7,13H,5,8H2,1-4H3. The lowest BCUT2D eigenvalue weighted by molar-refractivity contribution is 0.380. The van der Waals surface area contributed by atoms with E-state index in [2.05, 4.69) is 4.72 Å². The minimum absolute atomic E-state index is 0.136. The smallest absolute Gasteiger partial charge is 0.244 e. The Hall–Kier alpha value is -1.27. The van der Waals surface area contributed by atoms with Gasteiger partial charge >= 0.3 is 0 Å². The van der Waals surface area contributed by atoms with E-state index in [-0.39, 0.29) is 4.90 Å². The normalized spacial score (nSPS) is 11.3. The molecule has 0 aliphatic rings. The van der Waals surface area contributed by atoms with Gasteiger partial charge in [0.1, 0.15) is 16.4 Å². The van der Waals surface area contributed by atoms with Crippen LogP contribution in [0.4, 0.5) is 0 Å². The second kappa shape index (κ2) is 6.06. The van der Waals surface area contributed by atoms with Crippen LogP contribution < -0.4 is 14.2 Å². The maximum Gasteiger partial charge on any atom is 0.244 e. The molecule has 0 atom stereocenters. The summed E-state index contributed by atoms with van der Waals surface area (Å²) in [6, 6.07) is 3.11. The fraction of sp³-hybridized carbons (Fsp3) is 0.500. The van der Waals surface area contributed by atoms with Crippen molar-refractivity contribution in [2.45, 2.75) is 25.2 Å². The quantitative estimate of drug-likeness (QED) is 0.857. The fourth-order valence-corrected chi connectivity index (χ4v) is 3.01. The first-order valence-corrected chi connectivity index (χ1v) is 7.17. The highest BCUT2D eigenvalue weighted by molar-refractivity contribution is 7.89. The minimum atomic E-state index is -3.54. The fourth-order valence-electron chi connectivity index (χ4n) is 1.65. The maximum absolute atomic E-state index is 12.1. The molecule has 0 unspecified atom stereocenters. The molecular weight excluding hydrogens is 254 g/mol. The Balaban J connectivity index is 3.29. The molecule has 0 aromatic heterocycles. The number of benzene rings is 1. The van der Waals surface area contributed by atoms with Gasteiger partial charge in [0.25, 0.3) is 0 Å². The van der Waals surface area contributed by atoms with E-state index in [4.69, 9.17) is 9.47 Å². The summed E-state index contributed by atoms with van der Waals surface area (Å²) in [5.74, 6) is 0.916. The second-order valence-electron chi connectivity index (χ2n) is 3.82. The van der Waals surface area contributed by atoms with E-state index in [1.807, 2.05) is 6.92 Å². The third-order valence-corrected chi connectivity index (χ3v) is 4.06. The first-order valence-electron chi connectivity index (χ1n) is 5.69. The van der Waals surface area contributed by atoms with E-state index in [1.165, 1.54) is 20.3 Å². The molecule has 6 heteroatoms. The zero-order valence-electron chi connectivity index (χ0n) is 11.1. The highest BCUT2D eigenvalue weighted by Gasteiger charge is 2.22. The van der Waals surface area contributed by atoms with Gasteiger partial charge in [0.05, 0.1) is 14.2 Å². The molecule has 18 heavy (non-hydrogen) atoms.